The van der Waals surface area contributed by atoms with Crippen LogP contribution in [0.3, 0.4) is 0 Å². The van der Waals surface area contributed by atoms with Crippen molar-refractivity contribution in [3.63, 3.8) is 0 Å². The average molecular weight is 314 g/mol. The molecule has 0 saturated carbocycles. The van der Waals surface area contributed by atoms with Gasteiger partial charge in [0.15, 0.2) is 0 Å². The van der Waals surface area contributed by atoms with E-state index in [1.807, 2.05) is 32.6 Å². The number of thioether (sulfide) groups is 1. The number of hydrogen-bond donors (Lipinski definition) is 1. The fraction of sp³-hybridized carbons (Fsp3) is 0.875. The topological polar surface area (TPSA) is 49.4 Å². The van der Waals surface area contributed by atoms with Gasteiger partial charge in [-0.15, -0.1) is 0 Å². The predicted octanol–water partition coefficient (Wildman–Crippen LogP) is 2.82. The summed E-state index contributed by atoms with van der Waals surface area (Å²) in [5.74, 6) is 1.15. The molecular weight excluding hydrogens is 284 g/mol. The summed E-state index contributed by atoms with van der Waals surface area (Å²) >= 11 is 1.78. The largest absolute Gasteiger partial charge is 0.340 e. The highest BCUT2D eigenvalue weighted by molar-refractivity contribution is 7.98. The van der Waals surface area contributed by atoms with Crippen molar-refractivity contribution in [3.8, 4) is 0 Å². The minimum atomic E-state index is -0.704. The van der Waals surface area contributed by atoms with Gasteiger partial charge < -0.3 is 10.2 Å². The SMILES string of the molecule is CCC1(CC)NC(=O)C(CC)(CC)N(CCCSC)C1=O. The lowest BCUT2D eigenvalue weighted by atomic mass is 9.79. The second-order valence-corrected chi connectivity index (χ2v) is 6.77. The van der Waals surface area contributed by atoms with Gasteiger partial charge in [0.25, 0.3) is 0 Å². The van der Waals surface area contributed by atoms with Crippen LogP contribution in [0.1, 0.15) is 59.8 Å². The van der Waals surface area contributed by atoms with Crippen molar-refractivity contribution >= 4 is 23.6 Å². The maximum absolute atomic E-state index is 13.1. The molecule has 0 aromatic carbocycles. The molecule has 1 aliphatic rings. The van der Waals surface area contributed by atoms with E-state index >= 15 is 0 Å². The minimum absolute atomic E-state index is 0.0277. The van der Waals surface area contributed by atoms with Gasteiger partial charge in [-0.2, -0.15) is 11.8 Å². The van der Waals surface area contributed by atoms with Crippen LogP contribution in [0, 0.1) is 0 Å². The van der Waals surface area contributed by atoms with Gasteiger partial charge in [-0.25, -0.2) is 0 Å². The third-order valence-electron chi connectivity index (χ3n) is 5.05. The molecule has 0 radical (unpaired) electrons. The summed E-state index contributed by atoms with van der Waals surface area (Å²) in [5, 5.41) is 3.06. The summed E-state index contributed by atoms with van der Waals surface area (Å²) in [6.07, 6.45) is 5.65. The maximum atomic E-state index is 13.1. The predicted molar refractivity (Wildman–Crippen MR) is 89.5 cm³/mol. The van der Waals surface area contributed by atoms with Crippen molar-refractivity contribution in [2.75, 3.05) is 18.6 Å². The van der Waals surface area contributed by atoms with Gasteiger partial charge >= 0.3 is 0 Å². The van der Waals surface area contributed by atoms with Crippen molar-refractivity contribution in [1.29, 1.82) is 0 Å². The van der Waals surface area contributed by atoms with E-state index in [1.165, 1.54) is 0 Å². The van der Waals surface area contributed by atoms with Crippen molar-refractivity contribution in [2.45, 2.75) is 70.9 Å². The first kappa shape index (κ1) is 18.3. The third-order valence-corrected chi connectivity index (χ3v) is 5.75. The Morgan fingerprint density at radius 1 is 1.05 bits per heavy atom. The van der Waals surface area contributed by atoms with Crippen LogP contribution in [0.15, 0.2) is 0 Å². The smallest absolute Gasteiger partial charge is 0.249 e. The minimum Gasteiger partial charge on any atom is -0.340 e. The van der Waals surface area contributed by atoms with E-state index in [2.05, 4.69) is 11.6 Å². The first-order valence-electron chi connectivity index (χ1n) is 8.11. The molecule has 0 atom stereocenters. The zero-order valence-electron chi connectivity index (χ0n) is 14.1. The van der Waals surface area contributed by atoms with Crippen LogP contribution in [-0.2, 0) is 9.59 Å². The number of hydrogen-bond acceptors (Lipinski definition) is 3. The maximum Gasteiger partial charge on any atom is 0.249 e. The fourth-order valence-electron chi connectivity index (χ4n) is 3.33. The van der Waals surface area contributed by atoms with Crippen LogP contribution in [-0.4, -0.2) is 46.3 Å². The van der Waals surface area contributed by atoms with Crippen LogP contribution in [0.4, 0.5) is 0 Å². The summed E-state index contributed by atoms with van der Waals surface area (Å²) in [7, 11) is 0. The highest BCUT2D eigenvalue weighted by Crippen LogP contribution is 2.35. The number of rotatable bonds is 8. The molecule has 5 heteroatoms. The van der Waals surface area contributed by atoms with E-state index in [0.717, 1.165) is 12.2 Å². The Morgan fingerprint density at radius 3 is 2.05 bits per heavy atom. The van der Waals surface area contributed by atoms with Crippen molar-refractivity contribution in [3.05, 3.63) is 0 Å². The monoisotopic (exact) mass is 314 g/mol. The molecule has 1 aliphatic heterocycles. The van der Waals surface area contributed by atoms with E-state index in [1.54, 1.807) is 11.8 Å². The molecule has 0 spiro atoms. The second kappa shape index (κ2) is 7.52. The Balaban J connectivity index is 3.17. The van der Waals surface area contributed by atoms with Gasteiger partial charge in [0, 0.05) is 6.54 Å². The summed E-state index contributed by atoms with van der Waals surface area (Å²) in [6.45, 7) is 8.64. The van der Waals surface area contributed by atoms with Gasteiger partial charge in [-0.05, 0) is 44.1 Å². The molecule has 122 valence electrons. The highest BCUT2D eigenvalue weighted by Gasteiger charge is 2.55. The van der Waals surface area contributed by atoms with Crippen LogP contribution < -0.4 is 5.32 Å². The van der Waals surface area contributed by atoms with E-state index in [-0.39, 0.29) is 11.8 Å². The normalized spacial score (nSPS) is 20.5. The second-order valence-electron chi connectivity index (χ2n) is 5.79. The number of nitrogens with zero attached hydrogens (tertiary/aromatic N) is 1. The molecule has 0 unspecified atom stereocenters. The highest BCUT2D eigenvalue weighted by atomic mass is 32.2. The molecule has 1 rings (SSSR count). The third kappa shape index (κ3) is 3.08. The van der Waals surface area contributed by atoms with Crippen molar-refractivity contribution in [1.82, 2.24) is 10.2 Å². The number of piperazine rings is 1. The first-order chi connectivity index (χ1) is 9.97. The molecule has 0 aromatic heterocycles. The molecule has 1 fully saturated rings. The summed E-state index contributed by atoms with van der Waals surface area (Å²) < 4.78 is 0. The van der Waals surface area contributed by atoms with Gasteiger partial charge in [-0.3, -0.25) is 9.59 Å². The first-order valence-corrected chi connectivity index (χ1v) is 9.51. The number of carbonyl (C=O) groups excluding carboxylic acids is 2. The Morgan fingerprint density at radius 2 is 1.62 bits per heavy atom. The Labute approximate surface area is 133 Å². The Kier molecular flexibility index (Phi) is 6.57. The van der Waals surface area contributed by atoms with E-state index in [4.69, 9.17) is 0 Å². The number of carbonyl (C=O) groups is 2. The summed E-state index contributed by atoms with van der Waals surface area (Å²) in [4.78, 5) is 27.8. The van der Waals surface area contributed by atoms with Crippen LogP contribution in [0.5, 0.6) is 0 Å². The standard InChI is InChI=1S/C16H30N2O2S/c1-6-15(7-2)14(20)18(11-10-12-21-5)16(8-3,9-4)13(19)17-15/h6-12H2,1-5H3,(H,17,19). The van der Waals surface area contributed by atoms with E-state index in [0.29, 0.717) is 32.2 Å². The van der Waals surface area contributed by atoms with Crippen molar-refractivity contribution < 1.29 is 9.59 Å². The lowest BCUT2D eigenvalue weighted by molar-refractivity contribution is -0.164. The lowest BCUT2D eigenvalue weighted by Gasteiger charge is -2.52. The van der Waals surface area contributed by atoms with E-state index in [9.17, 15) is 9.59 Å². The van der Waals surface area contributed by atoms with Gasteiger partial charge in [0.05, 0.1) is 0 Å². The number of nitrogens with one attached hydrogen (secondary N) is 1. The Hall–Kier alpha value is -0.710. The molecule has 0 bridgehead atoms. The van der Waals surface area contributed by atoms with Gasteiger partial charge in [0.2, 0.25) is 11.8 Å². The number of amides is 2. The molecule has 0 aromatic rings. The molecule has 4 nitrogen and oxygen atoms in total. The molecule has 1 heterocycles. The molecule has 1 N–H and O–H groups in total. The van der Waals surface area contributed by atoms with E-state index < -0.39 is 11.1 Å². The summed E-state index contributed by atoms with van der Waals surface area (Å²) in [6, 6.07) is 0. The zero-order chi connectivity index (χ0) is 16.1. The molecule has 2 amide bonds. The van der Waals surface area contributed by atoms with Crippen LogP contribution in [0.25, 0.3) is 0 Å². The van der Waals surface area contributed by atoms with Crippen LogP contribution >= 0.6 is 11.8 Å². The zero-order valence-corrected chi connectivity index (χ0v) is 14.9. The molecule has 1 saturated heterocycles. The Bertz CT molecular complexity index is 376. The molecule has 21 heavy (non-hydrogen) atoms. The molecule has 0 aliphatic carbocycles. The molecular formula is C16H30N2O2S. The lowest BCUT2D eigenvalue weighted by Crippen LogP contribution is -2.75. The quantitative estimate of drug-likeness (QED) is 0.701. The van der Waals surface area contributed by atoms with Crippen LogP contribution in [0.2, 0.25) is 0 Å². The van der Waals surface area contributed by atoms with Gasteiger partial charge in [0.1, 0.15) is 11.1 Å². The van der Waals surface area contributed by atoms with Crippen molar-refractivity contribution in [2.24, 2.45) is 0 Å². The average Bonchev–Trinajstić information content (AvgIpc) is 2.51. The van der Waals surface area contributed by atoms with Gasteiger partial charge in [-0.1, -0.05) is 27.7 Å². The fourth-order valence-corrected chi connectivity index (χ4v) is 3.74. The summed E-state index contributed by atoms with van der Waals surface area (Å²) in [5.41, 5.74) is -1.37.